The molecule has 1 N–H and O–H groups in total. The Balaban J connectivity index is 2.02. The molecule has 2 heterocycles. The van der Waals surface area contributed by atoms with Crippen molar-refractivity contribution < 1.29 is 5.11 Å². The van der Waals surface area contributed by atoms with Gasteiger partial charge in [-0.2, -0.15) is 5.10 Å². The molecule has 0 fully saturated rings. The van der Waals surface area contributed by atoms with Crippen molar-refractivity contribution in [2.45, 2.75) is 19.6 Å². The third-order valence-corrected chi connectivity index (χ3v) is 2.62. The summed E-state index contributed by atoms with van der Waals surface area (Å²) in [6, 6.07) is 5.90. The molecule has 0 aliphatic heterocycles. The fourth-order valence-corrected chi connectivity index (χ4v) is 1.69. The number of aliphatic hydroxyl groups excluding tert-OH is 1. The lowest BCUT2D eigenvalue weighted by Gasteiger charge is -2.07. The molecule has 0 radical (unpaired) electrons. The summed E-state index contributed by atoms with van der Waals surface area (Å²) in [5.41, 5.74) is 2.16. The quantitative estimate of drug-likeness (QED) is 0.807. The van der Waals surface area contributed by atoms with Crippen molar-refractivity contribution >= 4 is 0 Å². The van der Waals surface area contributed by atoms with Gasteiger partial charge in [0, 0.05) is 43.8 Å². The fourth-order valence-electron chi connectivity index (χ4n) is 1.69. The maximum atomic E-state index is 9.08. The predicted octanol–water partition coefficient (Wildman–Crippen LogP) is 0.957. The molecule has 4 heteroatoms. The number of rotatable bonds is 4. The van der Waals surface area contributed by atoms with Crippen LogP contribution < -0.4 is 0 Å². The normalized spacial score (nSPS) is 10.8. The lowest BCUT2D eigenvalue weighted by molar-refractivity contribution is 0.270. The first-order valence-corrected chi connectivity index (χ1v) is 5.03. The van der Waals surface area contributed by atoms with Gasteiger partial charge in [-0.15, -0.1) is 0 Å². The summed E-state index contributed by atoms with van der Waals surface area (Å²) < 4.78 is 3.94. The highest BCUT2D eigenvalue weighted by Crippen LogP contribution is 2.05. The Labute approximate surface area is 88.8 Å². The van der Waals surface area contributed by atoms with Crippen molar-refractivity contribution in [2.75, 3.05) is 0 Å². The predicted molar refractivity (Wildman–Crippen MR) is 57.3 cm³/mol. The fraction of sp³-hybridized carbons (Fsp3) is 0.364. The number of hydrogen-bond donors (Lipinski definition) is 1. The van der Waals surface area contributed by atoms with Crippen LogP contribution >= 0.6 is 0 Å². The summed E-state index contributed by atoms with van der Waals surface area (Å²) in [5, 5.41) is 13.2. The van der Waals surface area contributed by atoms with E-state index in [1.54, 1.807) is 6.20 Å². The average molecular weight is 205 g/mol. The first kappa shape index (κ1) is 9.98. The summed E-state index contributed by atoms with van der Waals surface area (Å²) in [6.45, 7) is 0.973. The molecule has 4 nitrogen and oxygen atoms in total. The van der Waals surface area contributed by atoms with E-state index in [1.165, 1.54) is 5.69 Å². The summed E-state index contributed by atoms with van der Waals surface area (Å²) in [7, 11) is 1.94. The van der Waals surface area contributed by atoms with E-state index in [1.807, 2.05) is 36.1 Å². The highest BCUT2D eigenvalue weighted by atomic mass is 16.3. The van der Waals surface area contributed by atoms with Gasteiger partial charge in [-0.05, 0) is 18.2 Å². The van der Waals surface area contributed by atoms with Crippen LogP contribution in [0, 0.1) is 0 Å². The summed E-state index contributed by atoms with van der Waals surface area (Å²) in [5.74, 6) is 0. The lowest BCUT2D eigenvalue weighted by Crippen LogP contribution is -2.07. The largest absolute Gasteiger partial charge is 0.390 e. The summed E-state index contributed by atoms with van der Waals surface area (Å²) >= 11 is 0. The Morgan fingerprint density at radius 3 is 2.87 bits per heavy atom. The monoisotopic (exact) mass is 205 g/mol. The number of hydrogen-bond acceptors (Lipinski definition) is 2. The molecule has 2 aromatic heterocycles. The van der Waals surface area contributed by atoms with Crippen molar-refractivity contribution in [1.82, 2.24) is 14.3 Å². The number of aryl methyl sites for hydroxylation is 3. The van der Waals surface area contributed by atoms with Crippen LogP contribution in [0.3, 0.4) is 0 Å². The molecule has 80 valence electrons. The van der Waals surface area contributed by atoms with Crippen LogP contribution in [0.2, 0.25) is 0 Å². The lowest BCUT2D eigenvalue weighted by atomic mass is 10.3. The van der Waals surface area contributed by atoms with Gasteiger partial charge in [0.25, 0.3) is 0 Å². The van der Waals surface area contributed by atoms with Gasteiger partial charge in [-0.3, -0.25) is 4.68 Å². The molecule has 0 saturated carbocycles. The molecule has 15 heavy (non-hydrogen) atoms. The Kier molecular flexibility index (Phi) is 2.87. The molecule has 0 aliphatic rings. The Bertz CT molecular complexity index is 430. The molecule has 0 saturated heterocycles. The maximum absolute atomic E-state index is 9.08. The van der Waals surface area contributed by atoms with Gasteiger partial charge >= 0.3 is 0 Å². The van der Waals surface area contributed by atoms with E-state index in [-0.39, 0.29) is 6.61 Å². The standard InChI is InChI=1S/C11H15N3O/c1-13-10(4-6-12-13)5-8-14-7-2-3-11(14)9-15/h2-4,6-7,15H,5,8-9H2,1H3. The van der Waals surface area contributed by atoms with E-state index >= 15 is 0 Å². The van der Waals surface area contributed by atoms with Gasteiger partial charge in [0.15, 0.2) is 0 Å². The third kappa shape index (κ3) is 2.10. The van der Waals surface area contributed by atoms with E-state index in [4.69, 9.17) is 5.11 Å². The number of aromatic nitrogens is 3. The Hall–Kier alpha value is -1.55. The van der Waals surface area contributed by atoms with Crippen LogP contribution in [-0.4, -0.2) is 19.5 Å². The smallest absolute Gasteiger partial charge is 0.0832 e. The molecule has 2 aromatic rings. The van der Waals surface area contributed by atoms with Crippen molar-refractivity contribution in [3.8, 4) is 0 Å². The molecule has 0 amide bonds. The second kappa shape index (κ2) is 4.31. The minimum Gasteiger partial charge on any atom is -0.390 e. The van der Waals surface area contributed by atoms with E-state index < -0.39 is 0 Å². The molecule has 0 bridgehead atoms. The Morgan fingerprint density at radius 2 is 2.20 bits per heavy atom. The molecule has 0 aliphatic carbocycles. The van der Waals surface area contributed by atoms with E-state index in [0.29, 0.717) is 0 Å². The zero-order chi connectivity index (χ0) is 10.7. The molecule has 0 aromatic carbocycles. The van der Waals surface area contributed by atoms with Crippen LogP contribution in [0.25, 0.3) is 0 Å². The maximum Gasteiger partial charge on any atom is 0.0832 e. The van der Waals surface area contributed by atoms with E-state index in [9.17, 15) is 0 Å². The van der Waals surface area contributed by atoms with Gasteiger partial charge < -0.3 is 9.67 Å². The molecule has 0 spiro atoms. The molecule has 0 unspecified atom stereocenters. The van der Waals surface area contributed by atoms with Crippen molar-refractivity contribution in [3.63, 3.8) is 0 Å². The molecule has 0 atom stereocenters. The molecular formula is C11H15N3O. The van der Waals surface area contributed by atoms with Crippen LogP contribution in [0.4, 0.5) is 0 Å². The Morgan fingerprint density at radius 1 is 1.33 bits per heavy atom. The first-order valence-electron chi connectivity index (χ1n) is 5.03. The van der Waals surface area contributed by atoms with Crippen molar-refractivity contribution in [1.29, 1.82) is 0 Å². The van der Waals surface area contributed by atoms with Crippen LogP contribution in [0.1, 0.15) is 11.4 Å². The van der Waals surface area contributed by atoms with Gasteiger partial charge in [0.05, 0.1) is 6.61 Å². The summed E-state index contributed by atoms with van der Waals surface area (Å²) in [4.78, 5) is 0. The number of aliphatic hydroxyl groups is 1. The van der Waals surface area contributed by atoms with E-state index in [2.05, 4.69) is 9.67 Å². The van der Waals surface area contributed by atoms with E-state index in [0.717, 1.165) is 18.7 Å². The van der Waals surface area contributed by atoms with Crippen LogP contribution in [0.5, 0.6) is 0 Å². The van der Waals surface area contributed by atoms with Crippen molar-refractivity contribution in [3.05, 3.63) is 42.0 Å². The van der Waals surface area contributed by atoms with Crippen LogP contribution in [0.15, 0.2) is 30.6 Å². The average Bonchev–Trinajstić information content (AvgIpc) is 2.83. The van der Waals surface area contributed by atoms with Crippen molar-refractivity contribution in [2.24, 2.45) is 7.05 Å². The minimum atomic E-state index is 0.0956. The molecular weight excluding hydrogens is 190 g/mol. The zero-order valence-corrected chi connectivity index (χ0v) is 8.80. The van der Waals surface area contributed by atoms with Gasteiger partial charge in [-0.25, -0.2) is 0 Å². The van der Waals surface area contributed by atoms with Gasteiger partial charge in [0.2, 0.25) is 0 Å². The van der Waals surface area contributed by atoms with Crippen LogP contribution in [-0.2, 0) is 26.6 Å². The highest BCUT2D eigenvalue weighted by Gasteiger charge is 2.01. The second-order valence-corrected chi connectivity index (χ2v) is 3.55. The zero-order valence-electron chi connectivity index (χ0n) is 8.80. The topological polar surface area (TPSA) is 43.0 Å². The second-order valence-electron chi connectivity index (χ2n) is 3.55. The van der Waals surface area contributed by atoms with Gasteiger partial charge in [-0.1, -0.05) is 0 Å². The van der Waals surface area contributed by atoms with Gasteiger partial charge in [0.1, 0.15) is 0 Å². The first-order chi connectivity index (χ1) is 7.31. The summed E-state index contributed by atoms with van der Waals surface area (Å²) in [6.07, 6.45) is 4.72. The number of nitrogens with zero attached hydrogens (tertiary/aromatic N) is 3. The molecule has 2 rings (SSSR count). The SMILES string of the molecule is Cn1nccc1CCn1cccc1CO. The minimum absolute atomic E-state index is 0.0956. The third-order valence-electron chi connectivity index (χ3n) is 2.62. The highest BCUT2D eigenvalue weighted by molar-refractivity contribution is 5.07.